The number of aromatic nitrogens is 2. The fourth-order valence-corrected chi connectivity index (χ4v) is 2.24. The Balaban J connectivity index is 2.50. The van der Waals surface area contributed by atoms with Crippen LogP contribution in [0.25, 0.3) is 10.9 Å². The SMILES string of the molecule is CCCOC(=O)c1cnc(Cl)c2ccn(CCC)c12. The van der Waals surface area contributed by atoms with Gasteiger partial charge >= 0.3 is 5.97 Å². The summed E-state index contributed by atoms with van der Waals surface area (Å²) in [5, 5.41) is 1.21. The van der Waals surface area contributed by atoms with Crippen LogP contribution < -0.4 is 0 Å². The van der Waals surface area contributed by atoms with E-state index >= 15 is 0 Å². The molecular weight excluding hydrogens is 264 g/mol. The lowest BCUT2D eigenvalue weighted by molar-refractivity contribution is 0.0506. The number of hydrogen-bond donors (Lipinski definition) is 0. The van der Waals surface area contributed by atoms with E-state index < -0.39 is 0 Å². The molecule has 2 aromatic heterocycles. The van der Waals surface area contributed by atoms with Gasteiger partial charge in [0.2, 0.25) is 0 Å². The van der Waals surface area contributed by atoms with Gasteiger partial charge < -0.3 is 9.30 Å². The predicted octanol–water partition coefficient (Wildman–Crippen LogP) is 3.67. The standard InChI is InChI=1S/C14H17ClN2O2/c1-3-6-17-7-5-10-12(17)11(9-16-13(10)15)14(18)19-8-4-2/h5,7,9H,3-4,6,8H2,1-2H3. The molecule has 0 N–H and O–H groups in total. The molecule has 0 aliphatic carbocycles. The molecule has 102 valence electrons. The van der Waals surface area contributed by atoms with Crippen molar-refractivity contribution in [1.82, 2.24) is 9.55 Å². The van der Waals surface area contributed by atoms with Gasteiger partial charge in [0.05, 0.1) is 12.1 Å². The van der Waals surface area contributed by atoms with Gasteiger partial charge in [0.25, 0.3) is 0 Å². The summed E-state index contributed by atoms with van der Waals surface area (Å²) in [7, 11) is 0. The molecule has 4 nitrogen and oxygen atoms in total. The molecule has 0 amide bonds. The lowest BCUT2D eigenvalue weighted by Crippen LogP contribution is -2.09. The number of hydrogen-bond acceptors (Lipinski definition) is 3. The maximum atomic E-state index is 12.1. The third-order valence-corrected chi connectivity index (χ3v) is 3.17. The molecule has 0 aliphatic heterocycles. The van der Waals surface area contributed by atoms with Gasteiger partial charge in [-0.1, -0.05) is 25.4 Å². The number of esters is 1. The zero-order chi connectivity index (χ0) is 13.8. The number of aryl methyl sites for hydroxylation is 1. The van der Waals surface area contributed by atoms with Gasteiger partial charge in [0, 0.05) is 24.3 Å². The Kier molecular flexibility index (Phi) is 4.43. The van der Waals surface area contributed by atoms with E-state index in [0.717, 1.165) is 30.3 Å². The first kappa shape index (κ1) is 13.9. The number of carbonyl (C=O) groups is 1. The molecule has 5 heteroatoms. The van der Waals surface area contributed by atoms with Gasteiger partial charge in [-0.3, -0.25) is 0 Å². The number of carbonyl (C=O) groups excluding carboxylic acids is 1. The molecule has 2 aromatic rings. The van der Waals surface area contributed by atoms with Crippen LogP contribution in [-0.4, -0.2) is 22.1 Å². The lowest BCUT2D eigenvalue weighted by atomic mass is 10.2. The first-order chi connectivity index (χ1) is 9.19. The van der Waals surface area contributed by atoms with Crippen molar-refractivity contribution < 1.29 is 9.53 Å². The number of nitrogens with zero attached hydrogens (tertiary/aromatic N) is 2. The average molecular weight is 281 g/mol. The highest BCUT2D eigenvalue weighted by molar-refractivity contribution is 6.34. The Morgan fingerprint density at radius 1 is 1.42 bits per heavy atom. The highest BCUT2D eigenvalue weighted by Gasteiger charge is 2.17. The molecule has 0 aromatic carbocycles. The second kappa shape index (κ2) is 6.06. The molecule has 0 fully saturated rings. The van der Waals surface area contributed by atoms with Crippen LogP contribution in [0.3, 0.4) is 0 Å². The predicted molar refractivity (Wildman–Crippen MR) is 75.6 cm³/mol. The van der Waals surface area contributed by atoms with Gasteiger partial charge in [-0.2, -0.15) is 0 Å². The molecule has 19 heavy (non-hydrogen) atoms. The molecule has 0 spiro atoms. The molecule has 0 saturated heterocycles. The van der Waals surface area contributed by atoms with Gasteiger partial charge in [-0.05, 0) is 18.9 Å². The fourth-order valence-electron chi connectivity index (χ4n) is 2.04. The van der Waals surface area contributed by atoms with E-state index in [0.29, 0.717) is 17.3 Å². The minimum atomic E-state index is -0.341. The first-order valence-electron chi connectivity index (χ1n) is 6.49. The average Bonchev–Trinajstić information content (AvgIpc) is 2.82. The zero-order valence-electron chi connectivity index (χ0n) is 11.1. The van der Waals surface area contributed by atoms with E-state index in [4.69, 9.17) is 16.3 Å². The largest absolute Gasteiger partial charge is 0.462 e. The van der Waals surface area contributed by atoms with Crippen LogP contribution in [0.15, 0.2) is 18.5 Å². The van der Waals surface area contributed by atoms with Crippen LogP contribution in [0.4, 0.5) is 0 Å². The van der Waals surface area contributed by atoms with E-state index in [1.165, 1.54) is 6.20 Å². The van der Waals surface area contributed by atoms with E-state index in [-0.39, 0.29) is 5.97 Å². The molecule has 0 bridgehead atoms. The maximum Gasteiger partial charge on any atom is 0.341 e. The van der Waals surface area contributed by atoms with Crippen LogP contribution in [0.2, 0.25) is 5.15 Å². The van der Waals surface area contributed by atoms with Gasteiger partial charge in [-0.25, -0.2) is 9.78 Å². The summed E-state index contributed by atoms with van der Waals surface area (Å²) in [5.74, 6) is -0.341. The van der Waals surface area contributed by atoms with Crippen molar-refractivity contribution in [3.8, 4) is 0 Å². The van der Waals surface area contributed by atoms with E-state index in [1.807, 2.05) is 23.8 Å². The second-order valence-electron chi connectivity index (χ2n) is 4.37. The smallest absolute Gasteiger partial charge is 0.341 e. The fraction of sp³-hybridized carbons (Fsp3) is 0.429. The summed E-state index contributed by atoms with van der Waals surface area (Å²) < 4.78 is 7.21. The summed E-state index contributed by atoms with van der Waals surface area (Å²) in [6.45, 7) is 5.29. The molecule has 0 saturated carbocycles. The van der Waals surface area contributed by atoms with Crippen LogP contribution >= 0.6 is 11.6 Å². The molecule has 0 unspecified atom stereocenters. The van der Waals surface area contributed by atoms with Gasteiger partial charge in [-0.15, -0.1) is 0 Å². The Hall–Kier alpha value is -1.55. The Morgan fingerprint density at radius 3 is 2.89 bits per heavy atom. The summed E-state index contributed by atoms with van der Waals surface area (Å²) in [6, 6.07) is 1.89. The maximum absolute atomic E-state index is 12.1. The normalized spacial score (nSPS) is 10.9. The molecule has 0 aliphatic rings. The van der Waals surface area contributed by atoms with Crippen molar-refractivity contribution >= 4 is 28.5 Å². The molecule has 0 atom stereocenters. The number of pyridine rings is 1. The van der Waals surface area contributed by atoms with Crippen molar-refractivity contribution in [3.63, 3.8) is 0 Å². The summed E-state index contributed by atoms with van der Waals surface area (Å²) in [6.07, 6.45) is 5.20. The van der Waals surface area contributed by atoms with E-state index in [9.17, 15) is 4.79 Å². The molecule has 0 radical (unpaired) electrons. The minimum absolute atomic E-state index is 0.341. The highest BCUT2D eigenvalue weighted by atomic mass is 35.5. The number of ether oxygens (including phenoxy) is 1. The lowest BCUT2D eigenvalue weighted by Gasteiger charge is -2.09. The summed E-state index contributed by atoms with van der Waals surface area (Å²) in [4.78, 5) is 16.1. The Morgan fingerprint density at radius 2 is 2.21 bits per heavy atom. The van der Waals surface area contributed by atoms with Crippen molar-refractivity contribution in [2.24, 2.45) is 0 Å². The van der Waals surface area contributed by atoms with Gasteiger partial charge in [0.1, 0.15) is 10.7 Å². The molecule has 2 rings (SSSR count). The van der Waals surface area contributed by atoms with Gasteiger partial charge in [0.15, 0.2) is 0 Å². The van der Waals surface area contributed by atoms with Crippen molar-refractivity contribution in [2.75, 3.05) is 6.61 Å². The zero-order valence-corrected chi connectivity index (χ0v) is 11.9. The first-order valence-corrected chi connectivity index (χ1v) is 6.87. The number of halogens is 1. The van der Waals surface area contributed by atoms with Crippen molar-refractivity contribution in [2.45, 2.75) is 33.2 Å². The third kappa shape index (κ3) is 2.73. The second-order valence-corrected chi connectivity index (χ2v) is 4.73. The molecule has 2 heterocycles. The number of rotatable bonds is 5. The third-order valence-electron chi connectivity index (χ3n) is 2.87. The minimum Gasteiger partial charge on any atom is -0.462 e. The highest BCUT2D eigenvalue weighted by Crippen LogP contribution is 2.26. The van der Waals surface area contributed by atoms with Crippen LogP contribution in [0.1, 0.15) is 37.0 Å². The summed E-state index contributed by atoms with van der Waals surface area (Å²) in [5.41, 5.74) is 1.29. The summed E-state index contributed by atoms with van der Waals surface area (Å²) >= 11 is 6.07. The van der Waals surface area contributed by atoms with Crippen LogP contribution in [-0.2, 0) is 11.3 Å². The Bertz CT molecular complexity index is 592. The Labute approximate surface area is 117 Å². The van der Waals surface area contributed by atoms with Crippen LogP contribution in [0, 0.1) is 0 Å². The quantitative estimate of drug-likeness (QED) is 0.620. The van der Waals surface area contributed by atoms with Crippen molar-refractivity contribution in [3.05, 3.63) is 29.2 Å². The number of fused-ring (bicyclic) bond motifs is 1. The van der Waals surface area contributed by atoms with E-state index in [1.54, 1.807) is 0 Å². The van der Waals surface area contributed by atoms with Crippen LogP contribution in [0.5, 0.6) is 0 Å². The molecular formula is C14H17ClN2O2. The topological polar surface area (TPSA) is 44.1 Å². The monoisotopic (exact) mass is 280 g/mol. The van der Waals surface area contributed by atoms with Crippen molar-refractivity contribution in [1.29, 1.82) is 0 Å². The van der Waals surface area contributed by atoms with E-state index in [2.05, 4.69) is 11.9 Å².